The highest BCUT2D eigenvalue weighted by Crippen LogP contribution is 2.25. The van der Waals surface area contributed by atoms with Crippen LogP contribution in [0.25, 0.3) is 0 Å². The van der Waals surface area contributed by atoms with Gasteiger partial charge in [-0.15, -0.1) is 0 Å². The fourth-order valence-electron chi connectivity index (χ4n) is 1.10. The van der Waals surface area contributed by atoms with Gasteiger partial charge in [0, 0.05) is 10.5 Å². The summed E-state index contributed by atoms with van der Waals surface area (Å²) >= 11 is 2.94. The average Bonchev–Trinajstić information content (AvgIpc) is 2.01. The van der Waals surface area contributed by atoms with Crippen LogP contribution in [0.3, 0.4) is 0 Å². The molecule has 0 saturated carbocycles. The molecule has 3 N–H and O–H groups in total. The Morgan fingerprint density at radius 3 is 2.14 bits per heavy atom. The third-order valence-corrected chi connectivity index (χ3v) is 2.30. The Labute approximate surface area is 88.9 Å². The van der Waals surface area contributed by atoms with Gasteiger partial charge in [0.15, 0.2) is 0 Å². The Hall–Kier alpha value is -0.520. The first-order valence-corrected chi connectivity index (χ1v) is 4.81. The first kappa shape index (κ1) is 11.6. The Bertz CT molecular complexity index is 321. The summed E-state index contributed by atoms with van der Waals surface area (Å²) in [7, 11) is 0. The van der Waals surface area contributed by atoms with E-state index in [2.05, 4.69) is 15.9 Å². The fraction of sp³-hybridized carbons (Fsp3) is 0.333. The molecule has 2 atom stereocenters. The van der Waals surface area contributed by atoms with Crippen molar-refractivity contribution < 1.29 is 13.9 Å². The second-order valence-electron chi connectivity index (χ2n) is 3.09. The predicted octanol–water partition coefficient (Wildman–Crippen LogP) is 2.11. The lowest BCUT2D eigenvalue weighted by Gasteiger charge is -2.16. The van der Waals surface area contributed by atoms with Gasteiger partial charge in [0.1, 0.15) is 11.6 Å². The minimum atomic E-state index is -1.33. The summed E-state index contributed by atoms with van der Waals surface area (Å²) in [5.74, 6) is -1.61. The molecule has 1 aromatic rings. The summed E-state index contributed by atoms with van der Waals surface area (Å²) in [4.78, 5) is 0. The molecule has 2 unspecified atom stereocenters. The minimum Gasteiger partial charge on any atom is -0.387 e. The van der Waals surface area contributed by atoms with E-state index in [0.717, 1.165) is 12.1 Å². The second-order valence-corrected chi connectivity index (χ2v) is 4.00. The van der Waals surface area contributed by atoms with E-state index in [1.807, 2.05) is 0 Å². The molecule has 1 rings (SSSR count). The lowest BCUT2D eigenvalue weighted by Crippen LogP contribution is -2.26. The van der Waals surface area contributed by atoms with Crippen molar-refractivity contribution in [3.63, 3.8) is 0 Å². The van der Waals surface area contributed by atoms with Crippen LogP contribution in [0, 0.1) is 11.6 Å². The standard InChI is InChI=1S/C9H10BrF2NO/c1-4(13)9(14)8-6(11)2-5(10)3-7(8)12/h2-4,9,14H,13H2,1H3. The third-order valence-electron chi connectivity index (χ3n) is 1.84. The molecule has 0 aromatic heterocycles. The smallest absolute Gasteiger partial charge is 0.133 e. The van der Waals surface area contributed by atoms with E-state index in [4.69, 9.17) is 5.73 Å². The van der Waals surface area contributed by atoms with Crippen molar-refractivity contribution >= 4 is 15.9 Å². The summed E-state index contributed by atoms with van der Waals surface area (Å²) in [6, 6.07) is 1.45. The Morgan fingerprint density at radius 2 is 1.79 bits per heavy atom. The number of hydrogen-bond acceptors (Lipinski definition) is 2. The van der Waals surface area contributed by atoms with Gasteiger partial charge in [0.05, 0.1) is 11.7 Å². The van der Waals surface area contributed by atoms with Gasteiger partial charge in [0.25, 0.3) is 0 Å². The SMILES string of the molecule is CC(N)C(O)c1c(F)cc(Br)cc1F. The van der Waals surface area contributed by atoms with Crippen LogP contribution in [0.2, 0.25) is 0 Å². The molecule has 0 aliphatic carbocycles. The van der Waals surface area contributed by atoms with E-state index < -0.39 is 23.8 Å². The van der Waals surface area contributed by atoms with E-state index in [0.29, 0.717) is 0 Å². The molecule has 0 heterocycles. The largest absolute Gasteiger partial charge is 0.387 e. The number of nitrogens with two attached hydrogens (primary N) is 1. The average molecular weight is 266 g/mol. The third kappa shape index (κ3) is 2.29. The minimum absolute atomic E-state index is 0.285. The molecule has 0 bridgehead atoms. The highest BCUT2D eigenvalue weighted by atomic mass is 79.9. The van der Waals surface area contributed by atoms with Crippen molar-refractivity contribution in [3.05, 3.63) is 33.8 Å². The maximum Gasteiger partial charge on any atom is 0.133 e. The van der Waals surface area contributed by atoms with Gasteiger partial charge in [0.2, 0.25) is 0 Å². The predicted molar refractivity (Wildman–Crippen MR) is 52.7 cm³/mol. The van der Waals surface area contributed by atoms with Gasteiger partial charge in [-0.3, -0.25) is 0 Å². The lowest BCUT2D eigenvalue weighted by molar-refractivity contribution is 0.144. The number of hydrogen-bond donors (Lipinski definition) is 2. The normalized spacial score (nSPS) is 15.3. The number of benzene rings is 1. The van der Waals surface area contributed by atoms with Gasteiger partial charge in [-0.25, -0.2) is 8.78 Å². The van der Waals surface area contributed by atoms with Crippen LogP contribution in [0.1, 0.15) is 18.6 Å². The van der Waals surface area contributed by atoms with Crippen molar-refractivity contribution in [2.24, 2.45) is 5.73 Å². The Kier molecular flexibility index (Phi) is 3.58. The van der Waals surface area contributed by atoms with E-state index in [1.165, 1.54) is 6.92 Å². The van der Waals surface area contributed by atoms with E-state index >= 15 is 0 Å². The maximum atomic E-state index is 13.2. The molecular formula is C9H10BrF2NO. The molecule has 0 spiro atoms. The zero-order chi connectivity index (χ0) is 10.9. The summed E-state index contributed by atoms with van der Waals surface area (Å²) in [6.45, 7) is 1.48. The second kappa shape index (κ2) is 4.33. The lowest BCUT2D eigenvalue weighted by atomic mass is 10.0. The van der Waals surface area contributed by atoms with Crippen molar-refractivity contribution in [2.45, 2.75) is 19.1 Å². The van der Waals surface area contributed by atoms with Crippen LogP contribution in [-0.4, -0.2) is 11.1 Å². The molecule has 5 heteroatoms. The molecule has 0 radical (unpaired) electrons. The van der Waals surface area contributed by atoms with Gasteiger partial charge < -0.3 is 10.8 Å². The summed E-state index contributed by atoms with van der Waals surface area (Å²) < 4.78 is 26.8. The highest BCUT2D eigenvalue weighted by Gasteiger charge is 2.21. The number of rotatable bonds is 2. The molecule has 2 nitrogen and oxygen atoms in total. The molecule has 1 aromatic carbocycles. The van der Waals surface area contributed by atoms with Crippen LogP contribution < -0.4 is 5.73 Å². The highest BCUT2D eigenvalue weighted by molar-refractivity contribution is 9.10. The molecule has 0 aliphatic rings. The summed E-state index contributed by atoms with van der Waals surface area (Å²) in [5, 5.41) is 9.43. The van der Waals surface area contributed by atoms with E-state index in [9.17, 15) is 13.9 Å². The number of aliphatic hydroxyl groups excluding tert-OH is 1. The van der Waals surface area contributed by atoms with Crippen LogP contribution in [0.15, 0.2) is 16.6 Å². The molecular weight excluding hydrogens is 256 g/mol. The summed E-state index contributed by atoms with van der Waals surface area (Å²) in [5.41, 5.74) is 4.96. The van der Waals surface area contributed by atoms with E-state index in [-0.39, 0.29) is 10.0 Å². The van der Waals surface area contributed by atoms with Gasteiger partial charge in [-0.1, -0.05) is 15.9 Å². The van der Waals surface area contributed by atoms with Gasteiger partial charge >= 0.3 is 0 Å². The fourth-order valence-corrected chi connectivity index (χ4v) is 1.50. The van der Waals surface area contributed by atoms with Crippen molar-refractivity contribution in [1.29, 1.82) is 0 Å². The molecule has 0 amide bonds. The number of aliphatic hydroxyl groups is 1. The Morgan fingerprint density at radius 1 is 1.36 bits per heavy atom. The van der Waals surface area contributed by atoms with Crippen LogP contribution in [-0.2, 0) is 0 Å². The molecule has 0 aliphatic heterocycles. The quantitative estimate of drug-likeness (QED) is 0.861. The monoisotopic (exact) mass is 265 g/mol. The van der Waals surface area contributed by atoms with Crippen molar-refractivity contribution in [2.75, 3.05) is 0 Å². The zero-order valence-electron chi connectivity index (χ0n) is 7.47. The van der Waals surface area contributed by atoms with Crippen LogP contribution >= 0.6 is 15.9 Å². The number of halogens is 3. The first-order chi connectivity index (χ1) is 6.43. The van der Waals surface area contributed by atoms with E-state index in [1.54, 1.807) is 0 Å². The van der Waals surface area contributed by atoms with Crippen molar-refractivity contribution in [1.82, 2.24) is 0 Å². The van der Waals surface area contributed by atoms with Gasteiger partial charge in [-0.05, 0) is 19.1 Å². The van der Waals surface area contributed by atoms with Gasteiger partial charge in [-0.2, -0.15) is 0 Å². The molecule has 0 saturated heterocycles. The molecule has 0 fully saturated rings. The maximum absolute atomic E-state index is 13.2. The molecule has 78 valence electrons. The molecule has 14 heavy (non-hydrogen) atoms. The van der Waals surface area contributed by atoms with Crippen LogP contribution in [0.4, 0.5) is 8.78 Å². The van der Waals surface area contributed by atoms with Crippen molar-refractivity contribution in [3.8, 4) is 0 Å². The van der Waals surface area contributed by atoms with Crippen LogP contribution in [0.5, 0.6) is 0 Å². The Balaban J connectivity index is 3.20. The topological polar surface area (TPSA) is 46.2 Å². The summed E-state index contributed by atoms with van der Waals surface area (Å²) in [6.07, 6.45) is -1.33. The zero-order valence-corrected chi connectivity index (χ0v) is 9.05. The first-order valence-electron chi connectivity index (χ1n) is 4.01.